The molecular formula is C21H19Cl2F3N2O4. The summed E-state index contributed by atoms with van der Waals surface area (Å²) < 4.78 is 42.6. The number of hydrogen-bond donors (Lipinski definition) is 1. The van der Waals surface area contributed by atoms with E-state index in [1.54, 1.807) is 24.3 Å². The monoisotopic (exact) mass is 490 g/mol. The normalized spacial score (nSPS) is 16.1. The third-order valence-corrected chi connectivity index (χ3v) is 5.55. The summed E-state index contributed by atoms with van der Waals surface area (Å²) in [4.78, 5) is 26.1. The van der Waals surface area contributed by atoms with Crippen LogP contribution in [-0.4, -0.2) is 65.4 Å². The van der Waals surface area contributed by atoms with E-state index in [0.29, 0.717) is 23.1 Å². The molecule has 1 aliphatic rings. The van der Waals surface area contributed by atoms with Crippen molar-refractivity contribution in [2.75, 3.05) is 26.2 Å². The van der Waals surface area contributed by atoms with E-state index in [1.807, 2.05) is 24.3 Å². The van der Waals surface area contributed by atoms with E-state index in [4.69, 9.17) is 28.3 Å². The smallest absolute Gasteiger partial charge is 0.436 e. The number of halogens is 5. The molecule has 1 amide bonds. The molecule has 0 bridgehead atoms. The predicted octanol–water partition coefficient (Wildman–Crippen LogP) is 4.85. The standard InChI is InChI=1S/C21H19Cl2F3N2O4/c22-15-5-1-13(2-6-15)17(14-3-7-16(23)8-4-14)27-9-11-28(12-10-27)20(31)32-18(19(29)30)21(24,25)26/h1-8,17-18H,9-12H2,(H,29,30). The first-order valence-corrected chi connectivity index (χ1v) is 10.3. The molecule has 172 valence electrons. The molecule has 0 saturated carbocycles. The van der Waals surface area contributed by atoms with E-state index in [-0.39, 0.29) is 19.1 Å². The van der Waals surface area contributed by atoms with Crippen LogP contribution >= 0.6 is 23.2 Å². The highest BCUT2D eigenvalue weighted by atomic mass is 35.5. The van der Waals surface area contributed by atoms with Crippen LogP contribution in [0.3, 0.4) is 0 Å². The van der Waals surface area contributed by atoms with Gasteiger partial charge in [0, 0.05) is 36.2 Å². The maximum Gasteiger partial charge on any atom is 0.436 e. The van der Waals surface area contributed by atoms with Gasteiger partial charge in [-0.15, -0.1) is 0 Å². The van der Waals surface area contributed by atoms with Crippen molar-refractivity contribution in [3.8, 4) is 0 Å². The Kier molecular flexibility index (Phi) is 7.53. The number of benzene rings is 2. The molecule has 32 heavy (non-hydrogen) atoms. The van der Waals surface area contributed by atoms with Gasteiger partial charge in [-0.2, -0.15) is 13.2 Å². The first-order valence-electron chi connectivity index (χ1n) is 9.56. The largest absolute Gasteiger partial charge is 0.478 e. The number of aliphatic carboxylic acids is 1. The second kappa shape index (κ2) is 9.97. The number of carboxylic acid groups (broad SMARTS) is 1. The quantitative estimate of drug-likeness (QED) is 0.648. The molecule has 0 radical (unpaired) electrons. The number of nitrogens with zero attached hydrogens (tertiary/aromatic N) is 2. The zero-order valence-corrected chi connectivity index (χ0v) is 18.1. The molecule has 1 atom stereocenters. The van der Waals surface area contributed by atoms with Crippen molar-refractivity contribution in [3.05, 3.63) is 69.7 Å². The molecule has 1 aliphatic heterocycles. The molecule has 0 aliphatic carbocycles. The number of amides is 1. The minimum absolute atomic E-state index is 0.0701. The van der Waals surface area contributed by atoms with Crippen LogP contribution in [0.2, 0.25) is 10.0 Å². The average molecular weight is 491 g/mol. The van der Waals surface area contributed by atoms with Gasteiger partial charge in [-0.1, -0.05) is 47.5 Å². The lowest BCUT2D eigenvalue weighted by Crippen LogP contribution is -2.52. The summed E-state index contributed by atoms with van der Waals surface area (Å²) in [6.07, 6.45) is -9.72. The van der Waals surface area contributed by atoms with E-state index in [9.17, 15) is 22.8 Å². The van der Waals surface area contributed by atoms with E-state index in [2.05, 4.69) is 9.64 Å². The fourth-order valence-corrected chi connectivity index (χ4v) is 3.75. The number of carbonyl (C=O) groups is 2. The predicted molar refractivity (Wildman–Crippen MR) is 112 cm³/mol. The lowest BCUT2D eigenvalue weighted by molar-refractivity contribution is -0.216. The Morgan fingerprint density at radius 3 is 1.69 bits per heavy atom. The number of rotatable bonds is 5. The van der Waals surface area contributed by atoms with Crippen molar-refractivity contribution in [2.24, 2.45) is 0 Å². The molecule has 1 saturated heterocycles. The number of piperazine rings is 1. The molecule has 11 heteroatoms. The topological polar surface area (TPSA) is 70.1 Å². The van der Waals surface area contributed by atoms with E-state index in [1.165, 1.54) is 0 Å². The van der Waals surface area contributed by atoms with Crippen LogP contribution in [-0.2, 0) is 9.53 Å². The Labute approximate surface area is 192 Å². The Hall–Kier alpha value is -2.49. The van der Waals surface area contributed by atoms with Crippen LogP contribution in [0.25, 0.3) is 0 Å². The summed E-state index contributed by atoms with van der Waals surface area (Å²) in [6, 6.07) is 14.4. The van der Waals surface area contributed by atoms with Crippen LogP contribution in [0.4, 0.5) is 18.0 Å². The molecule has 1 unspecified atom stereocenters. The first kappa shape index (κ1) is 24.2. The molecule has 0 aromatic heterocycles. The molecule has 0 spiro atoms. The van der Waals surface area contributed by atoms with Gasteiger partial charge in [0.1, 0.15) is 0 Å². The summed E-state index contributed by atoms with van der Waals surface area (Å²) in [5.74, 6) is -2.27. The molecule has 1 heterocycles. The van der Waals surface area contributed by atoms with Crippen molar-refractivity contribution in [3.63, 3.8) is 0 Å². The van der Waals surface area contributed by atoms with E-state index < -0.39 is 24.3 Å². The molecule has 3 rings (SSSR count). The van der Waals surface area contributed by atoms with Crippen molar-refractivity contribution in [1.29, 1.82) is 0 Å². The fourth-order valence-electron chi connectivity index (χ4n) is 3.50. The summed E-state index contributed by atoms with van der Waals surface area (Å²) in [6.45, 7) is 0.797. The van der Waals surface area contributed by atoms with Gasteiger partial charge in [0.15, 0.2) is 0 Å². The Bertz CT molecular complexity index is 902. The Balaban J connectivity index is 1.74. The minimum atomic E-state index is -5.20. The lowest BCUT2D eigenvalue weighted by Gasteiger charge is -2.39. The van der Waals surface area contributed by atoms with E-state index >= 15 is 0 Å². The van der Waals surface area contributed by atoms with Crippen molar-refractivity contribution >= 4 is 35.3 Å². The number of carboxylic acids is 1. The van der Waals surface area contributed by atoms with Gasteiger partial charge in [-0.3, -0.25) is 4.90 Å². The second-order valence-electron chi connectivity index (χ2n) is 7.17. The highest BCUT2D eigenvalue weighted by Gasteiger charge is 2.49. The number of alkyl halides is 3. The third-order valence-electron chi connectivity index (χ3n) is 5.05. The lowest BCUT2D eigenvalue weighted by atomic mass is 9.96. The molecular weight excluding hydrogens is 472 g/mol. The Morgan fingerprint density at radius 2 is 1.31 bits per heavy atom. The van der Waals surface area contributed by atoms with Crippen molar-refractivity contribution in [2.45, 2.75) is 18.3 Å². The van der Waals surface area contributed by atoms with Crippen LogP contribution in [0.1, 0.15) is 17.2 Å². The van der Waals surface area contributed by atoms with Crippen LogP contribution in [0.5, 0.6) is 0 Å². The average Bonchev–Trinajstić information content (AvgIpc) is 2.74. The summed E-state index contributed by atoms with van der Waals surface area (Å²) in [5.41, 5.74) is 1.88. The number of carbonyl (C=O) groups excluding carboxylic acids is 1. The van der Waals surface area contributed by atoms with Gasteiger partial charge in [0.2, 0.25) is 0 Å². The molecule has 2 aromatic rings. The fraction of sp³-hybridized carbons (Fsp3) is 0.333. The van der Waals surface area contributed by atoms with Gasteiger partial charge >= 0.3 is 18.2 Å². The number of ether oxygens (including phenoxy) is 1. The van der Waals surface area contributed by atoms with Crippen molar-refractivity contribution in [1.82, 2.24) is 9.80 Å². The van der Waals surface area contributed by atoms with Gasteiger partial charge in [0.25, 0.3) is 6.10 Å². The van der Waals surface area contributed by atoms with Gasteiger partial charge in [0.05, 0.1) is 6.04 Å². The Morgan fingerprint density at radius 1 is 0.875 bits per heavy atom. The van der Waals surface area contributed by atoms with E-state index in [0.717, 1.165) is 16.0 Å². The highest BCUT2D eigenvalue weighted by Crippen LogP contribution is 2.31. The molecule has 2 aromatic carbocycles. The van der Waals surface area contributed by atoms with Gasteiger partial charge in [-0.05, 0) is 35.4 Å². The zero-order chi connectivity index (χ0) is 23.5. The van der Waals surface area contributed by atoms with Gasteiger partial charge < -0.3 is 14.7 Å². The molecule has 6 nitrogen and oxygen atoms in total. The third kappa shape index (κ3) is 5.85. The van der Waals surface area contributed by atoms with Crippen LogP contribution in [0.15, 0.2) is 48.5 Å². The maximum atomic E-state index is 12.8. The van der Waals surface area contributed by atoms with Gasteiger partial charge in [-0.25, -0.2) is 9.59 Å². The molecule has 1 N–H and O–H groups in total. The maximum absolute atomic E-state index is 12.8. The first-order chi connectivity index (χ1) is 15.1. The highest BCUT2D eigenvalue weighted by molar-refractivity contribution is 6.30. The number of hydrogen-bond acceptors (Lipinski definition) is 4. The zero-order valence-electron chi connectivity index (χ0n) is 16.6. The molecule has 1 fully saturated rings. The summed E-state index contributed by atoms with van der Waals surface area (Å²) >= 11 is 12.0. The second-order valence-corrected chi connectivity index (χ2v) is 8.05. The summed E-state index contributed by atoms with van der Waals surface area (Å²) in [5, 5.41) is 9.87. The SMILES string of the molecule is O=C(O)C(OC(=O)N1CCN(C(c2ccc(Cl)cc2)c2ccc(Cl)cc2)CC1)C(F)(F)F. The summed E-state index contributed by atoms with van der Waals surface area (Å²) in [7, 11) is 0. The van der Waals surface area contributed by atoms with Crippen LogP contribution < -0.4 is 0 Å². The minimum Gasteiger partial charge on any atom is -0.478 e. The van der Waals surface area contributed by atoms with Crippen molar-refractivity contribution < 1.29 is 32.6 Å². The van der Waals surface area contributed by atoms with Crippen LogP contribution in [0, 0.1) is 0 Å².